The third kappa shape index (κ3) is 1.68. The molecule has 15 heavy (non-hydrogen) atoms. The molecule has 2 aromatic rings. The molecule has 1 N–H and O–H groups in total. The molecule has 0 atom stereocenters. The van der Waals surface area contributed by atoms with E-state index >= 15 is 0 Å². The van der Waals surface area contributed by atoms with E-state index in [1.165, 1.54) is 22.8 Å². The number of thioether (sulfide) groups is 1. The summed E-state index contributed by atoms with van der Waals surface area (Å²) in [7, 11) is 1.67. The SMILES string of the molecule is C=CCSc1ncnc2c(O)n(C)nc12. The van der Waals surface area contributed by atoms with Gasteiger partial charge in [-0.25, -0.2) is 14.6 Å². The molecule has 2 aromatic heterocycles. The maximum Gasteiger partial charge on any atom is 0.236 e. The van der Waals surface area contributed by atoms with Gasteiger partial charge in [-0.1, -0.05) is 17.8 Å². The van der Waals surface area contributed by atoms with Crippen LogP contribution in [0, 0.1) is 0 Å². The Kier molecular flexibility index (Phi) is 2.59. The zero-order valence-electron chi connectivity index (χ0n) is 8.21. The van der Waals surface area contributed by atoms with Crippen molar-refractivity contribution in [1.29, 1.82) is 0 Å². The largest absolute Gasteiger partial charge is 0.492 e. The lowest BCUT2D eigenvalue weighted by atomic mass is 10.5. The smallest absolute Gasteiger partial charge is 0.236 e. The van der Waals surface area contributed by atoms with Crippen LogP contribution >= 0.6 is 11.8 Å². The van der Waals surface area contributed by atoms with E-state index in [1.807, 2.05) is 0 Å². The van der Waals surface area contributed by atoms with Gasteiger partial charge in [-0.15, -0.1) is 6.58 Å². The standard InChI is InChI=1S/C9H10N4OS/c1-3-4-15-8-6-7(10-5-11-8)9(14)13(2)12-6/h3,5,14H,1,4H2,2H3. The predicted octanol–water partition coefficient (Wildman–Crippen LogP) is 1.35. The Hall–Kier alpha value is -1.56. The number of hydrogen-bond acceptors (Lipinski definition) is 5. The van der Waals surface area contributed by atoms with Crippen molar-refractivity contribution < 1.29 is 5.11 Å². The fourth-order valence-corrected chi connectivity index (χ4v) is 1.88. The predicted molar refractivity (Wildman–Crippen MR) is 58.9 cm³/mol. The molecule has 0 saturated heterocycles. The van der Waals surface area contributed by atoms with Crippen LogP contribution in [0.2, 0.25) is 0 Å². The Labute approximate surface area is 90.8 Å². The van der Waals surface area contributed by atoms with E-state index in [0.717, 1.165) is 10.8 Å². The average molecular weight is 222 g/mol. The number of fused-ring (bicyclic) bond motifs is 1. The molecule has 0 saturated carbocycles. The Bertz CT molecular complexity index is 508. The van der Waals surface area contributed by atoms with Crippen LogP contribution in [0.1, 0.15) is 0 Å². The molecule has 0 aliphatic rings. The highest BCUT2D eigenvalue weighted by atomic mass is 32.2. The number of hydrogen-bond donors (Lipinski definition) is 1. The van der Waals surface area contributed by atoms with Gasteiger partial charge in [0.25, 0.3) is 0 Å². The number of aromatic nitrogens is 4. The van der Waals surface area contributed by atoms with Crippen LogP contribution in [0.15, 0.2) is 24.0 Å². The Morgan fingerprint density at radius 1 is 1.53 bits per heavy atom. The van der Waals surface area contributed by atoms with Crippen molar-refractivity contribution in [2.45, 2.75) is 5.03 Å². The van der Waals surface area contributed by atoms with Crippen molar-refractivity contribution in [2.24, 2.45) is 7.05 Å². The number of rotatable bonds is 3. The van der Waals surface area contributed by atoms with Crippen molar-refractivity contribution in [3.05, 3.63) is 19.0 Å². The summed E-state index contributed by atoms with van der Waals surface area (Å²) in [6, 6.07) is 0. The van der Waals surface area contributed by atoms with Crippen molar-refractivity contribution in [3.63, 3.8) is 0 Å². The van der Waals surface area contributed by atoms with Crippen LogP contribution in [0.3, 0.4) is 0 Å². The second-order valence-electron chi connectivity index (χ2n) is 2.92. The van der Waals surface area contributed by atoms with Crippen LogP contribution in [0.4, 0.5) is 0 Å². The highest BCUT2D eigenvalue weighted by molar-refractivity contribution is 7.99. The average Bonchev–Trinajstić information content (AvgIpc) is 2.53. The molecule has 0 amide bonds. The van der Waals surface area contributed by atoms with Gasteiger partial charge in [-0.05, 0) is 0 Å². The maximum absolute atomic E-state index is 9.63. The summed E-state index contributed by atoms with van der Waals surface area (Å²) in [5, 5.41) is 14.5. The fraction of sp³-hybridized carbons (Fsp3) is 0.222. The molecule has 0 radical (unpaired) electrons. The normalized spacial score (nSPS) is 10.7. The third-order valence-corrected chi connectivity index (χ3v) is 2.87. The van der Waals surface area contributed by atoms with E-state index < -0.39 is 0 Å². The molecule has 0 aliphatic carbocycles. The van der Waals surface area contributed by atoms with Crippen LogP contribution in [0.25, 0.3) is 11.0 Å². The Morgan fingerprint density at radius 3 is 3.07 bits per heavy atom. The molecular formula is C9H10N4OS. The van der Waals surface area contributed by atoms with Gasteiger partial charge in [0.05, 0.1) is 0 Å². The van der Waals surface area contributed by atoms with Gasteiger partial charge in [0.2, 0.25) is 5.88 Å². The minimum atomic E-state index is 0.0628. The van der Waals surface area contributed by atoms with Gasteiger partial charge < -0.3 is 5.11 Å². The monoisotopic (exact) mass is 222 g/mol. The van der Waals surface area contributed by atoms with Gasteiger partial charge in [0.15, 0.2) is 5.52 Å². The Morgan fingerprint density at radius 2 is 2.33 bits per heavy atom. The summed E-state index contributed by atoms with van der Waals surface area (Å²) in [6.07, 6.45) is 3.22. The van der Waals surface area contributed by atoms with Gasteiger partial charge in [0.1, 0.15) is 16.9 Å². The highest BCUT2D eigenvalue weighted by Crippen LogP contribution is 2.27. The summed E-state index contributed by atoms with van der Waals surface area (Å²) < 4.78 is 1.39. The van der Waals surface area contributed by atoms with E-state index in [-0.39, 0.29) is 5.88 Å². The molecule has 0 unspecified atom stereocenters. The lowest BCUT2D eigenvalue weighted by Crippen LogP contribution is -1.88. The number of nitrogens with zero attached hydrogens (tertiary/aromatic N) is 4. The summed E-state index contributed by atoms with van der Waals surface area (Å²) >= 11 is 1.52. The van der Waals surface area contributed by atoms with Gasteiger partial charge >= 0.3 is 0 Å². The number of aryl methyl sites for hydroxylation is 1. The lowest BCUT2D eigenvalue weighted by molar-refractivity contribution is 0.423. The fourth-order valence-electron chi connectivity index (χ4n) is 1.21. The highest BCUT2D eigenvalue weighted by Gasteiger charge is 2.13. The van der Waals surface area contributed by atoms with E-state index in [0.29, 0.717) is 11.0 Å². The zero-order valence-corrected chi connectivity index (χ0v) is 9.03. The second kappa shape index (κ2) is 3.90. The molecule has 78 valence electrons. The van der Waals surface area contributed by atoms with E-state index in [2.05, 4.69) is 21.6 Å². The minimum absolute atomic E-state index is 0.0628. The molecular weight excluding hydrogens is 212 g/mol. The van der Waals surface area contributed by atoms with Gasteiger partial charge in [-0.3, -0.25) is 0 Å². The molecule has 0 spiro atoms. The van der Waals surface area contributed by atoms with E-state index in [9.17, 15) is 5.11 Å². The van der Waals surface area contributed by atoms with Crippen LogP contribution < -0.4 is 0 Å². The van der Waals surface area contributed by atoms with Crippen LogP contribution in [0.5, 0.6) is 5.88 Å². The molecule has 5 nitrogen and oxygen atoms in total. The summed E-state index contributed by atoms with van der Waals surface area (Å²) in [4.78, 5) is 8.10. The summed E-state index contributed by atoms with van der Waals surface area (Å²) in [6.45, 7) is 3.64. The third-order valence-electron chi connectivity index (χ3n) is 1.89. The first-order valence-corrected chi connectivity index (χ1v) is 5.33. The maximum atomic E-state index is 9.63. The Balaban J connectivity index is 2.55. The second-order valence-corrected chi connectivity index (χ2v) is 3.93. The molecule has 0 fully saturated rings. The van der Waals surface area contributed by atoms with Gasteiger partial charge in [-0.2, -0.15) is 5.10 Å². The first kappa shape index (κ1) is 9.97. The molecule has 0 bridgehead atoms. The van der Waals surface area contributed by atoms with Crippen molar-refractivity contribution in [1.82, 2.24) is 19.7 Å². The first-order chi connectivity index (χ1) is 7.24. The first-order valence-electron chi connectivity index (χ1n) is 4.34. The minimum Gasteiger partial charge on any atom is -0.492 e. The molecule has 2 rings (SSSR count). The van der Waals surface area contributed by atoms with Crippen molar-refractivity contribution in [2.75, 3.05) is 5.75 Å². The van der Waals surface area contributed by atoms with Gasteiger partial charge in [0, 0.05) is 12.8 Å². The molecule has 2 heterocycles. The molecule has 0 aromatic carbocycles. The van der Waals surface area contributed by atoms with Crippen LogP contribution in [-0.2, 0) is 7.05 Å². The van der Waals surface area contributed by atoms with Crippen LogP contribution in [-0.4, -0.2) is 30.6 Å². The topological polar surface area (TPSA) is 63.8 Å². The molecule has 0 aliphatic heterocycles. The molecule has 6 heteroatoms. The summed E-state index contributed by atoms with van der Waals surface area (Å²) in [5.74, 6) is 0.816. The van der Waals surface area contributed by atoms with Crippen molar-refractivity contribution in [3.8, 4) is 5.88 Å². The van der Waals surface area contributed by atoms with Crippen molar-refractivity contribution >= 4 is 22.8 Å². The lowest BCUT2D eigenvalue weighted by Gasteiger charge is -1.96. The quantitative estimate of drug-likeness (QED) is 0.482. The van der Waals surface area contributed by atoms with E-state index in [4.69, 9.17) is 0 Å². The zero-order chi connectivity index (χ0) is 10.8. The number of aromatic hydroxyl groups is 1. The summed E-state index contributed by atoms with van der Waals surface area (Å²) in [5.41, 5.74) is 1.11. The van der Waals surface area contributed by atoms with E-state index in [1.54, 1.807) is 13.1 Å².